The van der Waals surface area contributed by atoms with Crippen LogP contribution in [0.1, 0.15) is 38.8 Å². The number of anilines is 1. The van der Waals surface area contributed by atoms with Gasteiger partial charge < -0.3 is 10.2 Å². The molecule has 0 fully saturated rings. The molecule has 0 aliphatic rings. The van der Waals surface area contributed by atoms with Crippen LogP contribution in [-0.2, 0) is 26.2 Å². The van der Waals surface area contributed by atoms with Crippen molar-refractivity contribution >= 4 is 33.2 Å². The van der Waals surface area contributed by atoms with E-state index in [1.807, 2.05) is 52.0 Å². The largest absolute Gasteiger partial charge is 0.350 e. The molecule has 3 rings (SSSR count). The van der Waals surface area contributed by atoms with Crippen LogP contribution in [0.2, 0.25) is 0 Å². The summed E-state index contributed by atoms with van der Waals surface area (Å²) in [5, 5.41) is 14.3. The molecule has 212 valence electrons. The molecule has 0 aliphatic carbocycles. The van der Waals surface area contributed by atoms with E-state index < -0.39 is 44.9 Å². The van der Waals surface area contributed by atoms with E-state index in [9.17, 15) is 28.1 Å². The van der Waals surface area contributed by atoms with E-state index in [-0.39, 0.29) is 22.8 Å². The number of hydrogen-bond acceptors (Lipinski definition) is 6. The normalized spacial score (nSPS) is 12.3. The predicted molar refractivity (Wildman–Crippen MR) is 153 cm³/mol. The van der Waals surface area contributed by atoms with Gasteiger partial charge in [-0.25, -0.2) is 8.42 Å². The second-order valence-electron chi connectivity index (χ2n) is 10.5. The van der Waals surface area contributed by atoms with Crippen molar-refractivity contribution < 1.29 is 22.9 Å². The van der Waals surface area contributed by atoms with Gasteiger partial charge in [0.2, 0.25) is 11.8 Å². The number of benzene rings is 3. The van der Waals surface area contributed by atoms with Gasteiger partial charge in [-0.3, -0.25) is 24.0 Å². The highest BCUT2D eigenvalue weighted by Gasteiger charge is 2.33. The number of carbonyl (C=O) groups is 2. The van der Waals surface area contributed by atoms with Gasteiger partial charge in [0.15, 0.2) is 0 Å². The van der Waals surface area contributed by atoms with Crippen LogP contribution < -0.4 is 9.62 Å². The summed E-state index contributed by atoms with van der Waals surface area (Å²) in [6.07, 6.45) is 0. The summed E-state index contributed by atoms with van der Waals surface area (Å²) >= 11 is 0. The first-order chi connectivity index (χ1) is 18.7. The Bertz CT molecular complexity index is 1490. The highest BCUT2D eigenvalue weighted by Crippen LogP contribution is 2.27. The Morgan fingerprint density at radius 3 is 2.23 bits per heavy atom. The molecular formula is C29H34N4O6S. The molecular weight excluding hydrogens is 532 g/mol. The van der Waals surface area contributed by atoms with Gasteiger partial charge in [0.1, 0.15) is 12.6 Å². The van der Waals surface area contributed by atoms with Gasteiger partial charge in [-0.15, -0.1) is 0 Å². The number of hydrogen-bond donors (Lipinski definition) is 1. The summed E-state index contributed by atoms with van der Waals surface area (Å²) in [4.78, 5) is 39.1. The molecule has 0 heterocycles. The lowest BCUT2D eigenvalue weighted by Gasteiger charge is -2.33. The van der Waals surface area contributed by atoms with E-state index in [0.717, 1.165) is 21.5 Å². The van der Waals surface area contributed by atoms with Crippen LogP contribution in [0, 0.1) is 17.0 Å². The first-order valence-electron chi connectivity index (χ1n) is 12.7. The molecule has 0 unspecified atom stereocenters. The van der Waals surface area contributed by atoms with Crippen LogP contribution in [0.25, 0.3) is 0 Å². The van der Waals surface area contributed by atoms with E-state index in [1.165, 1.54) is 35.2 Å². The van der Waals surface area contributed by atoms with Crippen molar-refractivity contribution in [1.29, 1.82) is 0 Å². The van der Waals surface area contributed by atoms with E-state index in [1.54, 1.807) is 25.1 Å². The van der Waals surface area contributed by atoms with Gasteiger partial charge in [0.05, 0.1) is 15.5 Å². The molecule has 0 saturated heterocycles. The van der Waals surface area contributed by atoms with Crippen molar-refractivity contribution in [2.75, 3.05) is 10.8 Å². The number of nitrogens with zero attached hydrogens (tertiary/aromatic N) is 3. The van der Waals surface area contributed by atoms with Crippen LogP contribution in [0.5, 0.6) is 0 Å². The number of amides is 2. The summed E-state index contributed by atoms with van der Waals surface area (Å²) in [5.41, 5.74) is 0.786. The number of nitro benzene ring substituents is 1. The maximum Gasteiger partial charge on any atom is 0.271 e. The third-order valence-electron chi connectivity index (χ3n) is 6.04. The predicted octanol–water partition coefficient (Wildman–Crippen LogP) is 4.43. The molecule has 11 heteroatoms. The maximum absolute atomic E-state index is 13.9. The Labute approximate surface area is 234 Å². The number of carbonyl (C=O) groups excluding carboxylic acids is 2. The third kappa shape index (κ3) is 7.66. The monoisotopic (exact) mass is 566 g/mol. The zero-order valence-electron chi connectivity index (χ0n) is 23.2. The quantitative estimate of drug-likeness (QED) is 0.285. The number of sulfonamides is 1. The number of nitro groups is 1. The van der Waals surface area contributed by atoms with Crippen LogP contribution >= 0.6 is 0 Å². The van der Waals surface area contributed by atoms with E-state index in [2.05, 4.69) is 5.32 Å². The minimum absolute atomic E-state index is 0.0475. The summed E-state index contributed by atoms with van der Waals surface area (Å²) in [5.74, 6) is -1.05. The Balaban J connectivity index is 2.07. The molecule has 3 aromatic rings. The van der Waals surface area contributed by atoms with Crippen molar-refractivity contribution in [2.24, 2.45) is 0 Å². The fourth-order valence-corrected chi connectivity index (χ4v) is 5.50. The number of aryl methyl sites for hydroxylation is 1. The van der Waals surface area contributed by atoms with Gasteiger partial charge in [0, 0.05) is 24.2 Å². The Hall–Kier alpha value is -4.25. The highest BCUT2D eigenvalue weighted by atomic mass is 32.2. The first kappa shape index (κ1) is 30.3. The molecule has 1 N–H and O–H groups in total. The zero-order chi connectivity index (χ0) is 29.7. The van der Waals surface area contributed by atoms with Crippen molar-refractivity contribution in [1.82, 2.24) is 10.2 Å². The van der Waals surface area contributed by atoms with E-state index >= 15 is 0 Å². The molecule has 3 aromatic carbocycles. The molecule has 0 radical (unpaired) electrons. The summed E-state index contributed by atoms with van der Waals surface area (Å²) in [6.45, 7) is 8.31. The van der Waals surface area contributed by atoms with E-state index in [4.69, 9.17) is 0 Å². The van der Waals surface area contributed by atoms with Crippen LogP contribution in [0.4, 0.5) is 11.4 Å². The molecule has 0 bridgehead atoms. The Morgan fingerprint density at radius 1 is 0.975 bits per heavy atom. The average Bonchev–Trinajstić information content (AvgIpc) is 2.89. The van der Waals surface area contributed by atoms with Crippen LogP contribution in [-0.4, -0.2) is 48.2 Å². The SMILES string of the molecule is Cc1cccc(CN(C(=O)CN(c2cccc([N+](=O)[O-])c2)S(=O)(=O)c2ccccc2)[C@@H](C)C(=O)NC(C)(C)C)c1. The maximum atomic E-state index is 13.9. The molecule has 40 heavy (non-hydrogen) atoms. The second kappa shape index (κ2) is 12.3. The smallest absolute Gasteiger partial charge is 0.271 e. The van der Waals surface area contributed by atoms with Gasteiger partial charge >= 0.3 is 0 Å². The molecule has 0 saturated carbocycles. The number of nitrogens with one attached hydrogen (secondary N) is 1. The van der Waals surface area contributed by atoms with Crippen molar-refractivity contribution in [3.63, 3.8) is 0 Å². The van der Waals surface area contributed by atoms with Gasteiger partial charge in [-0.1, -0.05) is 54.1 Å². The van der Waals surface area contributed by atoms with Crippen molar-refractivity contribution in [2.45, 2.75) is 57.6 Å². The van der Waals surface area contributed by atoms with Gasteiger partial charge in [0.25, 0.3) is 15.7 Å². The molecule has 0 aromatic heterocycles. The molecule has 0 spiro atoms. The van der Waals surface area contributed by atoms with Gasteiger partial charge in [-0.05, 0) is 58.4 Å². The molecule has 10 nitrogen and oxygen atoms in total. The van der Waals surface area contributed by atoms with E-state index in [0.29, 0.717) is 0 Å². The van der Waals surface area contributed by atoms with Gasteiger partial charge in [-0.2, -0.15) is 0 Å². The summed E-state index contributed by atoms with van der Waals surface area (Å²) in [7, 11) is -4.32. The van der Waals surface area contributed by atoms with Crippen molar-refractivity contribution in [3.8, 4) is 0 Å². The van der Waals surface area contributed by atoms with Crippen LogP contribution in [0.3, 0.4) is 0 Å². The summed E-state index contributed by atoms with van der Waals surface area (Å²) in [6, 6.07) is 19.1. The minimum Gasteiger partial charge on any atom is -0.350 e. The highest BCUT2D eigenvalue weighted by molar-refractivity contribution is 7.92. The first-order valence-corrected chi connectivity index (χ1v) is 14.1. The number of rotatable bonds is 10. The molecule has 2 amide bonds. The molecule has 0 aliphatic heterocycles. The fraction of sp³-hybridized carbons (Fsp3) is 0.310. The van der Waals surface area contributed by atoms with Crippen molar-refractivity contribution in [3.05, 3.63) is 100 Å². The fourth-order valence-electron chi connectivity index (χ4n) is 4.07. The summed E-state index contributed by atoms with van der Waals surface area (Å²) < 4.78 is 28.4. The zero-order valence-corrected chi connectivity index (χ0v) is 24.0. The minimum atomic E-state index is -4.32. The Kier molecular flexibility index (Phi) is 9.31. The number of non-ortho nitro benzene ring substituents is 1. The Morgan fingerprint density at radius 2 is 1.62 bits per heavy atom. The lowest BCUT2D eigenvalue weighted by atomic mass is 10.1. The second-order valence-corrected chi connectivity index (χ2v) is 12.4. The molecule has 1 atom stereocenters. The lowest BCUT2D eigenvalue weighted by molar-refractivity contribution is -0.384. The lowest BCUT2D eigenvalue weighted by Crippen LogP contribution is -2.54. The topological polar surface area (TPSA) is 130 Å². The third-order valence-corrected chi connectivity index (χ3v) is 7.83. The average molecular weight is 567 g/mol. The van der Waals surface area contributed by atoms with Crippen LogP contribution in [0.15, 0.2) is 83.8 Å². The standard InChI is InChI=1S/C29H34N4O6S/c1-21-11-9-12-23(17-21)19-31(22(2)28(35)30-29(3,4)5)27(34)20-32(24-13-10-14-25(18-24)33(36)37)40(38,39)26-15-7-6-8-16-26/h6-18,22H,19-20H2,1-5H3,(H,30,35)/t22-/m0/s1.